The fraction of sp³-hybridized carbons (Fsp3) is 0.364. The standard InChI is InChI=1S/C11H10F2N2O5S/c12-8-3-7(10(15(17)18)4-9(8)13)11(16)14-6-1-2-21(19,20)5-6/h3-4,6H,1-2,5H2,(H,14,16). The molecular formula is C11H10F2N2O5S. The molecule has 2 rings (SSSR count). The number of amides is 1. The number of nitro benzene ring substituents is 1. The molecule has 1 aromatic carbocycles. The second-order valence-electron chi connectivity index (χ2n) is 4.61. The van der Waals surface area contributed by atoms with E-state index in [9.17, 15) is 32.1 Å². The molecule has 0 saturated carbocycles. The number of halogens is 2. The quantitative estimate of drug-likeness (QED) is 0.654. The van der Waals surface area contributed by atoms with Crippen molar-refractivity contribution in [2.75, 3.05) is 11.5 Å². The largest absolute Gasteiger partial charge is 0.348 e. The second-order valence-corrected chi connectivity index (χ2v) is 6.84. The lowest BCUT2D eigenvalue weighted by Crippen LogP contribution is -2.36. The van der Waals surface area contributed by atoms with Gasteiger partial charge in [0.2, 0.25) is 0 Å². The van der Waals surface area contributed by atoms with E-state index in [-0.39, 0.29) is 17.9 Å². The van der Waals surface area contributed by atoms with Crippen LogP contribution in [0, 0.1) is 21.7 Å². The van der Waals surface area contributed by atoms with Crippen LogP contribution in [0.15, 0.2) is 12.1 Å². The van der Waals surface area contributed by atoms with Crippen molar-refractivity contribution in [3.05, 3.63) is 39.4 Å². The van der Waals surface area contributed by atoms with Crippen molar-refractivity contribution >= 4 is 21.4 Å². The van der Waals surface area contributed by atoms with Crippen LogP contribution in [0.1, 0.15) is 16.8 Å². The molecular weight excluding hydrogens is 310 g/mol. The number of carbonyl (C=O) groups excluding carboxylic acids is 1. The summed E-state index contributed by atoms with van der Waals surface area (Å²) in [5.74, 6) is -4.23. The van der Waals surface area contributed by atoms with E-state index in [1.165, 1.54) is 0 Å². The molecule has 21 heavy (non-hydrogen) atoms. The van der Waals surface area contributed by atoms with Gasteiger partial charge in [-0.3, -0.25) is 14.9 Å². The smallest absolute Gasteiger partial charge is 0.285 e. The number of rotatable bonds is 3. The predicted octanol–water partition coefficient (Wildman–Crippen LogP) is 0.790. The van der Waals surface area contributed by atoms with E-state index in [0.29, 0.717) is 12.1 Å². The molecule has 0 bridgehead atoms. The normalized spacial score (nSPS) is 20.2. The summed E-state index contributed by atoms with van der Waals surface area (Å²) in [7, 11) is -3.25. The van der Waals surface area contributed by atoms with E-state index >= 15 is 0 Å². The summed E-state index contributed by atoms with van der Waals surface area (Å²) >= 11 is 0. The minimum atomic E-state index is -3.25. The fourth-order valence-corrected chi connectivity index (χ4v) is 3.71. The van der Waals surface area contributed by atoms with Crippen molar-refractivity contribution in [1.82, 2.24) is 5.32 Å². The van der Waals surface area contributed by atoms with Gasteiger partial charge >= 0.3 is 0 Å². The summed E-state index contributed by atoms with van der Waals surface area (Å²) in [4.78, 5) is 21.7. The zero-order chi connectivity index (χ0) is 15.8. The van der Waals surface area contributed by atoms with Crippen LogP contribution >= 0.6 is 0 Å². The Labute approximate surface area is 118 Å². The van der Waals surface area contributed by atoms with E-state index < -0.39 is 49.6 Å². The SMILES string of the molecule is O=C(NC1CCS(=O)(=O)C1)c1cc(F)c(F)cc1[N+](=O)[O-]. The Morgan fingerprint density at radius 2 is 1.95 bits per heavy atom. The summed E-state index contributed by atoms with van der Waals surface area (Å²) in [6.45, 7) is 0. The molecule has 1 N–H and O–H groups in total. The Morgan fingerprint density at radius 3 is 2.48 bits per heavy atom. The first-order valence-electron chi connectivity index (χ1n) is 5.84. The summed E-state index contributed by atoms with van der Waals surface area (Å²) < 4.78 is 48.7. The molecule has 1 amide bonds. The molecule has 1 unspecified atom stereocenters. The van der Waals surface area contributed by atoms with Gasteiger partial charge in [-0.15, -0.1) is 0 Å². The van der Waals surface area contributed by atoms with Crippen LogP contribution in [0.25, 0.3) is 0 Å². The van der Waals surface area contributed by atoms with Crippen molar-refractivity contribution in [3.63, 3.8) is 0 Å². The van der Waals surface area contributed by atoms with Crippen LogP contribution in [-0.2, 0) is 9.84 Å². The van der Waals surface area contributed by atoms with E-state index in [1.54, 1.807) is 0 Å². The van der Waals surface area contributed by atoms with Crippen LogP contribution in [0.5, 0.6) is 0 Å². The third kappa shape index (κ3) is 3.32. The minimum Gasteiger partial charge on any atom is -0.348 e. The number of nitro groups is 1. The van der Waals surface area contributed by atoms with Crippen molar-refractivity contribution in [1.29, 1.82) is 0 Å². The molecule has 1 aliphatic rings. The first-order chi connectivity index (χ1) is 9.69. The number of carbonyl (C=O) groups is 1. The van der Waals surface area contributed by atoms with Crippen LogP contribution in [-0.4, -0.2) is 36.8 Å². The molecule has 0 aromatic heterocycles. The van der Waals surface area contributed by atoms with Crippen LogP contribution in [0.2, 0.25) is 0 Å². The third-order valence-corrected chi connectivity index (χ3v) is 4.82. The van der Waals surface area contributed by atoms with Gasteiger partial charge in [0.15, 0.2) is 21.5 Å². The maximum atomic E-state index is 13.1. The van der Waals surface area contributed by atoms with Crippen LogP contribution in [0.4, 0.5) is 14.5 Å². The van der Waals surface area contributed by atoms with Gasteiger partial charge < -0.3 is 5.32 Å². The molecule has 1 aliphatic heterocycles. The molecule has 0 spiro atoms. The lowest BCUT2D eigenvalue weighted by Gasteiger charge is -2.11. The summed E-state index contributed by atoms with van der Waals surface area (Å²) in [5, 5.41) is 13.1. The maximum absolute atomic E-state index is 13.1. The number of nitrogens with zero attached hydrogens (tertiary/aromatic N) is 1. The molecule has 0 radical (unpaired) electrons. The highest BCUT2D eigenvalue weighted by Crippen LogP contribution is 2.23. The molecule has 10 heteroatoms. The number of hydrogen-bond acceptors (Lipinski definition) is 5. The zero-order valence-corrected chi connectivity index (χ0v) is 11.3. The molecule has 7 nitrogen and oxygen atoms in total. The van der Waals surface area contributed by atoms with Gasteiger partial charge in [0, 0.05) is 6.04 Å². The Kier molecular flexibility index (Phi) is 3.90. The number of hydrogen-bond donors (Lipinski definition) is 1. The van der Waals surface area contributed by atoms with Crippen molar-refractivity contribution < 1.29 is 26.9 Å². The Morgan fingerprint density at radius 1 is 1.33 bits per heavy atom. The van der Waals surface area contributed by atoms with Crippen LogP contribution < -0.4 is 5.32 Å². The number of sulfone groups is 1. The maximum Gasteiger partial charge on any atom is 0.285 e. The van der Waals surface area contributed by atoms with E-state index in [1.807, 2.05) is 0 Å². The van der Waals surface area contributed by atoms with Gasteiger partial charge in [0.25, 0.3) is 11.6 Å². The lowest BCUT2D eigenvalue weighted by atomic mass is 10.1. The lowest BCUT2D eigenvalue weighted by molar-refractivity contribution is -0.385. The van der Waals surface area contributed by atoms with E-state index in [0.717, 1.165) is 0 Å². The highest BCUT2D eigenvalue weighted by molar-refractivity contribution is 7.91. The van der Waals surface area contributed by atoms with E-state index in [2.05, 4.69) is 5.32 Å². The first-order valence-corrected chi connectivity index (χ1v) is 7.66. The van der Waals surface area contributed by atoms with Gasteiger partial charge in [-0.05, 0) is 12.5 Å². The second kappa shape index (κ2) is 5.35. The monoisotopic (exact) mass is 320 g/mol. The molecule has 1 fully saturated rings. The highest BCUT2D eigenvalue weighted by atomic mass is 32.2. The molecule has 114 valence electrons. The number of nitrogens with one attached hydrogen (secondary N) is 1. The Hall–Kier alpha value is -2.10. The van der Waals surface area contributed by atoms with Crippen molar-refractivity contribution in [2.24, 2.45) is 0 Å². The van der Waals surface area contributed by atoms with Gasteiger partial charge in [0.1, 0.15) is 5.56 Å². The topological polar surface area (TPSA) is 106 Å². The fourth-order valence-electron chi connectivity index (χ4n) is 2.04. The Bertz CT molecular complexity index is 720. The van der Waals surface area contributed by atoms with Gasteiger partial charge in [0.05, 0.1) is 22.5 Å². The number of benzene rings is 1. The average Bonchev–Trinajstić information content (AvgIpc) is 2.71. The molecule has 1 saturated heterocycles. The predicted molar refractivity (Wildman–Crippen MR) is 67.5 cm³/mol. The molecule has 1 aromatic rings. The molecule has 1 heterocycles. The molecule has 1 atom stereocenters. The average molecular weight is 320 g/mol. The summed E-state index contributed by atoms with van der Waals surface area (Å²) in [5.41, 5.74) is -1.53. The van der Waals surface area contributed by atoms with Crippen molar-refractivity contribution in [2.45, 2.75) is 12.5 Å². The van der Waals surface area contributed by atoms with Crippen LogP contribution in [0.3, 0.4) is 0 Å². The highest BCUT2D eigenvalue weighted by Gasteiger charge is 2.31. The van der Waals surface area contributed by atoms with Gasteiger partial charge in [-0.2, -0.15) is 0 Å². The zero-order valence-electron chi connectivity index (χ0n) is 10.5. The summed E-state index contributed by atoms with van der Waals surface area (Å²) in [6.07, 6.45) is 0.172. The summed E-state index contributed by atoms with van der Waals surface area (Å²) in [6, 6.07) is 0.0391. The van der Waals surface area contributed by atoms with E-state index in [4.69, 9.17) is 0 Å². The van der Waals surface area contributed by atoms with Gasteiger partial charge in [-0.25, -0.2) is 17.2 Å². The Balaban J connectivity index is 2.27. The third-order valence-electron chi connectivity index (χ3n) is 3.05. The minimum absolute atomic E-state index is 0.0994. The molecule has 0 aliphatic carbocycles. The first kappa shape index (κ1) is 15.3. The van der Waals surface area contributed by atoms with Gasteiger partial charge in [-0.1, -0.05) is 0 Å². The van der Waals surface area contributed by atoms with Crippen molar-refractivity contribution in [3.8, 4) is 0 Å².